The summed E-state index contributed by atoms with van der Waals surface area (Å²) in [7, 11) is -2.80. The molecule has 200 valence electrons. The van der Waals surface area contributed by atoms with Crippen LogP contribution in [-0.4, -0.2) is 38.5 Å². The first-order chi connectivity index (χ1) is 18.0. The Morgan fingerprint density at radius 1 is 1.13 bits per heavy atom. The SMILES string of the molecule is COc1cc([N+](=O)[O-])ccc1C(=O)N1c2ccc(Cl)cc2CCCC1C(C)OS(=O)(=O)c1ccc(C)cc1. The van der Waals surface area contributed by atoms with Crippen molar-refractivity contribution in [3.8, 4) is 5.75 Å². The van der Waals surface area contributed by atoms with Crippen molar-refractivity contribution < 1.29 is 27.1 Å². The molecule has 0 aromatic heterocycles. The lowest BCUT2D eigenvalue weighted by Crippen LogP contribution is -2.47. The van der Waals surface area contributed by atoms with Crippen LogP contribution >= 0.6 is 11.6 Å². The molecule has 4 rings (SSSR count). The highest BCUT2D eigenvalue weighted by molar-refractivity contribution is 7.86. The number of halogens is 1. The largest absolute Gasteiger partial charge is 0.496 e. The van der Waals surface area contributed by atoms with Gasteiger partial charge in [-0.3, -0.25) is 19.1 Å². The lowest BCUT2D eigenvalue weighted by molar-refractivity contribution is -0.384. The van der Waals surface area contributed by atoms with Crippen LogP contribution in [0.3, 0.4) is 0 Å². The predicted octanol–water partition coefficient (Wildman–Crippen LogP) is 5.71. The zero-order valence-corrected chi connectivity index (χ0v) is 22.7. The van der Waals surface area contributed by atoms with Gasteiger partial charge >= 0.3 is 0 Å². The van der Waals surface area contributed by atoms with Crippen molar-refractivity contribution in [2.75, 3.05) is 12.0 Å². The lowest BCUT2D eigenvalue weighted by atomic mass is 10.0. The third kappa shape index (κ3) is 5.67. The molecule has 0 spiro atoms. The molecule has 9 nitrogen and oxygen atoms in total. The highest BCUT2D eigenvalue weighted by Crippen LogP contribution is 2.37. The van der Waals surface area contributed by atoms with E-state index in [0.29, 0.717) is 30.0 Å². The molecule has 2 unspecified atom stereocenters. The summed E-state index contributed by atoms with van der Waals surface area (Å²) in [5, 5.41) is 11.8. The molecule has 0 saturated heterocycles. The Balaban J connectivity index is 1.77. The van der Waals surface area contributed by atoms with E-state index in [0.717, 1.165) is 11.1 Å². The van der Waals surface area contributed by atoms with Crippen LogP contribution in [0.25, 0.3) is 0 Å². The molecule has 0 bridgehead atoms. The summed E-state index contributed by atoms with van der Waals surface area (Å²) in [6.07, 6.45) is 0.788. The van der Waals surface area contributed by atoms with Crippen LogP contribution in [0.2, 0.25) is 5.02 Å². The van der Waals surface area contributed by atoms with Crippen LogP contribution in [0.4, 0.5) is 11.4 Å². The van der Waals surface area contributed by atoms with Gasteiger partial charge in [-0.25, -0.2) is 0 Å². The molecule has 1 heterocycles. The summed E-state index contributed by atoms with van der Waals surface area (Å²) >= 11 is 6.24. The number of benzene rings is 3. The quantitative estimate of drug-likeness (QED) is 0.207. The Labute approximate surface area is 226 Å². The Morgan fingerprint density at radius 2 is 1.84 bits per heavy atom. The molecule has 0 saturated carbocycles. The summed E-state index contributed by atoms with van der Waals surface area (Å²) in [5.74, 6) is -0.473. The van der Waals surface area contributed by atoms with E-state index in [1.54, 1.807) is 37.3 Å². The Morgan fingerprint density at radius 3 is 2.50 bits per heavy atom. The number of aryl methyl sites for hydroxylation is 2. The molecular formula is C27H27ClN2O7S. The molecule has 3 aromatic rings. The fourth-order valence-corrected chi connectivity index (χ4v) is 5.93. The number of non-ortho nitro benzene ring substituents is 1. The van der Waals surface area contributed by atoms with Crippen LogP contribution in [0.5, 0.6) is 5.75 Å². The number of anilines is 1. The van der Waals surface area contributed by atoms with E-state index < -0.39 is 33.1 Å². The highest BCUT2D eigenvalue weighted by atomic mass is 35.5. The van der Waals surface area contributed by atoms with E-state index in [2.05, 4.69) is 0 Å². The molecule has 0 fully saturated rings. The number of rotatable bonds is 7. The molecule has 1 aliphatic heterocycles. The minimum absolute atomic E-state index is 0.0191. The number of nitrogens with zero attached hydrogens (tertiary/aromatic N) is 2. The second-order valence-corrected chi connectivity index (χ2v) is 11.1. The van der Waals surface area contributed by atoms with Crippen molar-refractivity contribution in [1.82, 2.24) is 0 Å². The van der Waals surface area contributed by atoms with Gasteiger partial charge in [-0.1, -0.05) is 29.3 Å². The van der Waals surface area contributed by atoms with E-state index in [-0.39, 0.29) is 21.9 Å². The van der Waals surface area contributed by atoms with E-state index >= 15 is 0 Å². The van der Waals surface area contributed by atoms with Crippen LogP contribution in [0.1, 0.15) is 41.3 Å². The molecule has 2 atom stereocenters. The summed E-state index contributed by atoms with van der Waals surface area (Å²) in [6.45, 7) is 3.47. The summed E-state index contributed by atoms with van der Waals surface area (Å²) in [5.41, 5.74) is 2.16. The molecule has 0 radical (unpaired) electrons. The van der Waals surface area contributed by atoms with Gasteiger partial charge in [-0.15, -0.1) is 0 Å². The number of carbonyl (C=O) groups excluding carboxylic acids is 1. The van der Waals surface area contributed by atoms with Gasteiger partial charge in [0, 0.05) is 16.8 Å². The average Bonchev–Trinajstić information content (AvgIpc) is 3.07. The van der Waals surface area contributed by atoms with Gasteiger partial charge in [-0.05, 0) is 75.1 Å². The molecule has 1 amide bonds. The Kier molecular flexibility index (Phi) is 8.05. The van der Waals surface area contributed by atoms with Gasteiger partial charge in [0.25, 0.3) is 21.7 Å². The number of ether oxygens (including phenoxy) is 1. The average molecular weight is 559 g/mol. The topological polar surface area (TPSA) is 116 Å². The first-order valence-electron chi connectivity index (χ1n) is 12.0. The fourth-order valence-electron chi connectivity index (χ4n) is 4.63. The van der Waals surface area contributed by atoms with Gasteiger partial charge in [-0.2, -0.15) is 8.42 Å². The highest BCUT2D eigenvalue weighted by Gasteiger charge is 2.37. The summed E-state index contributed by atoms with van der Waals surface area (Å²) in [6, 6.07) is 14.6. The Bertz CT molecular complexity index is 1480. The normalized spacial score (nSPS) is 16.3. The smallest absolute Gasteiger partial charge is 0.297 e. The zero-order chi connectivity index (χ0) is 27.6. The van der Waals surface area contributed by atoms with Gasteiger partial charge in [0.05, 0.1) is 40.7 Å². The van der Waals surface area contributed by atoms with Crippen LogP contribution in [-0.2, 0) is 20.7 Å². The van der Waals surface area contributed by atoms with Crippen LogP contribution in [0.15, 0.2) is 65.6 Å². The molecule has 11 heteroatoms. The van der Waals surface area contributed by atoms with E-state index in [1.807, 2.05) is 6.92 Å². The fraction of sp³-hybridized carbons (Fsp3) is 0.296. The van der Waals surface area contributed by atoms with Crippen LogP contribution in [0, 0.1) is 17.0 Å². The van der Waals surface area contributed by atoms with Gasteiger partial charge in [0.2, 0.25) is 0 Å². The van der Waals surface area contributed by atoms with Crippen molar-refractivity contribution in [2.24, 2.45) is 0 Å². The summed E-state index contributed by atoms with van der Waals surface area (Å²) < 4.78 is 37.2. The third-order valence-corrected chi connectivity index (χ3v) is 8.20. The second-order valence-electron chi connectivity index (χ2n) is 9.12. The maximum absolute atomic E-state index is 14.1. The van der Waals surface area contributed by atoms with Gasteiger partial charge in [0.15, 0.2) is 0 Å². The maximum atomic E-state index is 14.1. The number of nitro groups is 1. The first-order valence-corrected chi connectivity index (χ1v) is 13.7. The van der Waals surface area contributed by atoms with Gasteiger partial charge < -0.3 is 9.64 Å². The second kappa shape index (κ2) is 11.1. The monoisotopic (exact) mass is 558 g/mol. The van der Waals surface area contributed by atoms with Crippen molar-refractivity contribution in [1.29, 1.82) is 0 Å². The molecule has 1 aliphatic rings. The minimum atomic E-state index is -4.12. The number of amides is 1. The van der Waals surface area contributed by atoms with Crippen molar-refractivity contribution >= 4 is 39.0 Å². The molecule has 38 heavy (non-hydrogen) atoms. The van der Waals surface area contributed by atoms with Crippen LogP contribution < -0.4 is 9.64 Å². The number of hydrogen-bond donors (Lipinski definition) is 0. The Hall–Kier alpha value is -3.47. The molecule has 0 aliphatic carbocycles. The number of hydrogen-bond acceptors (Lipinski definition) is 7. The predicted molar refractivity (Wildman–Crippen MR) is 144 cm³/mol. The maximum Gasteiger partial charge on any atom is 0.297 e. The van der Waals surface area contributed by atoms with E-state index in [9.17, 15) is 23.3 Å². The standard InChI is InChI=1S/C27H27ClN2O7S/c1-17-7-11-22(12-8-17)38(34,35)37-18(2)24-6-4-5-19-15-20(28)9-14-25(19)29(24)27(31)23-13-10-21(30(32)33)16-26(23)36-3/h7-16,18,24H,4-6H2,1-3H3. The minimum Gasteiger partial charge on any atom is -0.496 e. The van der Waals surface area contributed by atoms with Crippen molar-refractivity contribution in [3.05, 3.63) is 92.5 Å². The van der Waals surface area contributed by atoms with Crippen molar-refractivity contribution in [2.45, 2.75) is 50.2 Å². The number of fused-ring (bicyclic) bond motifs is 1. The van der Waals surface area contributed by atoms with E-state index in [4.69, 9.17) is 20.5 Å². The first kappa shape index (κ1) is 27.6. The van der Waals surface area contributed by atoms with E-state index in [1.165, 1.54) is 42.3 Å². The lowest BCUT2D eigenvalue weighted by Gasteiger charge is -2.35. The third-order valence-electron chi connectivity index (χ3n) is 6.55. The summed E-state index contributed by atoms with van der Waals surface area (Å²) in [4.78, 5) is 26.3. The molecule has 0 N–H and O–H groups in total. The van der Waals surface area contributed by atoms with Gasteiger partial charge in [0.1, 0.15) is 5.75 Å². The zero-order valence-electron chi connectivity index (χ0n) is 21.1. The number of methoxy groups -OCH3 is 1. The number of nitro benzene ring substituents is 1. The number of carbonyl (C=O) groups is 1. The molecular weight excluding hydrogens is 532 g/mol. The van der Waals surface area contributed by atoms with Crippen molar-refractivity contribution in [3.63, 3.8) is 0 Å². The molecule has 3 aromatic carbocycles.